The number of hydrogen-bond acceptors (Lipinski definition) is 3. The summed E-state index contributed by atoms with van der Waals surface area (Å²) in [6, 6.07) is 29.3. The summed E-state index contributed by atoms with van der Waals surface area (Å²) in [7, 11) is 5.28. The normalized spacial score (nSPS) is 11.6. The van der Waals surface area contributed by atoms with E-state index >= 15 is 0 Å². The molecule has 0 saturated carbocycles. The van der Waals surface area contributed by atoms with Gasteiger partial charge in [-0.25, -0.2) is 0 Å². The van der Waals surface area contributed by atoms with Gasteiger partial charge >= 0.3 is 0 Å². The molecule has 3 nitrogen and oxygen atoms in total. The first-order valence-electron chi connectivity index (χ1n) is 17.5. The Balaban J connectivity index is 1.61. The highest BCUT2D eigenvalue weighted by Gasteiger charge is 2.22. The van der Waals surface area contributed by atoms with Crippen LogP contribution in [0, 0.1) is 7.14 Å². The second-order valence-electron chi connectivity index (χ2n) is 14.3. The van der Waals surface area contributed by atoms with Gasteiger partial charge in [0.25, 0.3) is 0 Å². The molecule has 0 bridgehead atoms. The number of halogens is 2. The van der Waals surface area contributed by atoms with Crippen molar-refractivity contribution in [2.45, 2.75) is 79.1 Å². The van der Waals surface area contributed by atoms with E-state index in [1.807, 2.05) is 0 Å². The Morgan fingerprint density at radius 1 is 0.400 bits per heavy atom. The zero-order chi connectivity index (χ0) is 36.4. The maximum Gasteiger partial charge on any atom is 0.146 e. The van der Waals surface area contributed by atoms with Crippen LogP contribution >= 0.6 is 45.2 Å². The molecule has 0 spiro atoms. The van der Waals surface area contributed by atoms with Crippen molar-refractivity contribution in [1.29, 1.82) is 0 Å². The van der Waals surface area contributed by atoms with E-state index in [2.05, 4.69) is 179 Å². The van der Waals surface area contributed by atoms with Crippen LogP contribution in [0.5, 0.6) is 17.2 Å². The van der Waals surface area contributed by atoms with Gasteiger partial charge in [0.1, 0.15) is 17.2 Å². The Hall–Kier alpha value is -3.04. The second kappa shape index (κ2) is 16.1. The standard InChI is InChI=1S/C45H50I2O3/c1-25(2)35-20-33(48-9)21-36(26(3)4)41(35)31-16-12-29(13-17-31)39-24-40(44(47)45(50-11)43(39)46)30-14-18-32(19-15-30)42-37(27(5)6)22-34(49-10)23-38(42)28(7)8/h12-28H,1-11H3. The third-order valence-electron chi connectivity index (χ3n) is 9.64. The SMILES string of the molecule is COc1cc(C(C)C)c(-c2ccc(-c3cc(-c4ccc(-c5c(C(C)C)cc(OC)cc5C(C)C)cc4)c(I)c(OC)c3I)cc2)c(C(C)C)c1. The van der Waals surface area contributed by atoms with E-state index in [4.69, 9.17) is 14.2 Å². The van der Waals surface area contributed by atoms with Crippen LogP contribution in [-0.2, 0) is 0 Å². The largest absolute Gasteiger partial charge is 0.497 e. The number of methoxy groups -OCH3 is 3. The van der Waals surface area contributed by atoms with Crippen molar-refractivity contribution in [2.75, 3.05) is 21.3 Å². The topological polar surface area (TPSA) is 27.7 Å². The molecule has 0 fully saturated rings. The van der Waals surface area contributed by atoms with Gasteiger partial charge in [-0.2, -0.15) is 0 Å². The first kappa shape index (κ1) is 38.2. The molecule has 5 aromatic carbocycles. The Kier molecular flexibility index (Phi) is 12.3. The second-order valence-corrected chi connectivity index (χ2v) is 16.4. The molecule has 0 N–H and O–H groups in total. The average Bonchev–Trinajstić information content (AvgIpc) is 3.10. The van der Waals surface area contributed by atoms with Crippen LogP contribution in [-0.4, -0.2) is 21.3 Å². The van der Waals surface area contributed by atoms with Gasteiger partial charge in [0.15, 0.2) is 0 Å². The molecule has 0 saturated heterocycles. The lowest BCUT2D eigenvalue weighted by Gasteiger charge is -2.22. The predicted octanol–water partition coefficient (Wildman–Crippen LogP) is 14.1. The maximum atomic E-state index is 6.06. The van der Waals surface area contributed by atoms with E-state index < -0.39 is 0 Å². The first-order chi connectivity index (χ1) is 23.8. The van der Waals surface area contributed by atoms with Crippen molar-refractivity contribution in [1.82, 2.24) is 0 Å². The maximum absolute atomic E-state index is 6.06. The van der Waals surface area contributed by atoms with Crippen molar-refractivity contribution >= 4 is 45.2 Å². The lowest BCUT2D eigenvalue weighted by molar-refractivity contribution is 0.409. The summed E-state index contributed by atoms with van der Waals surface area (Å²) in [5, 5.41) is 0. The fourth-order valence-corrected chi connectivity index (χ4v) is 9.32. The zero-order valence-corrected chi connectivity index (χ0v) is 35.6. The average molecular weight is 893 g/mol. The quantitative estimate of drug-likeness (QED) is 0.124. The monoisotopic (exact) mass is 892 g/mol. The van der Waals surface area contributed by atoms with Gasteiger partial charge in [-0.15, -0.1) is 0 Å². The van der Waals surface area contributed by atoms with Crippen molar-refractivity contribution in [3.63, 3.8) is 0 Å². The predicted molar refractivity (Wildman–Crippen MR) is 230 cm³/mol. The molecular formula is C45H50I2O3. The Morgan fingerprint density at radius 3 is 0.920 bits per heavy atom. The lowest BCUT2D eigenvalue weighted by atomic mass is 9.84. The minimum atomic E-state index is 0.367. The van der Waals surface area contributed by atoms with Gasteiger partial charge in [-0.3, -0.25) is 0 Å². The fraction of sp³-hybridized carbons (Fsp3) is 0.333. The van der Waals surface area contributed by atoms with Gasteiger partial charge in [0, 0.05) is 0 Å². The van der Waals surface area contributed by atoms with Gasteiger partial charge in [-0.05, 0) is 166 Å². The number of hydrogen-bond donors (Lipinski definition) is 0. The minimum absolute atomic E-state index is 0.367. The highest BCUT2D eigenvalue weighted by Crippen LogP contribution is 2.45. The summed E-state index contributed by atoms with van der Waals surface area (Å²) in [5.41, 5.74) is 15.0. The van der Waals surface area contributed by atoms with Crippen LogP contribution in [0.25, 0.3) is 44.5 Å². The molecule has 0 aliphatic rings. The number of benzene rings is 5. The van der Waals surface area contributed by atoms with E-state index in [9.17, 15) is 0 Å². The third-order valence-corrected chi connectivity index (χ3v) is 11.8. The molecule has 0 atom stereocenters. The summed E-state index contributed by atoms with van der Waals surface area (Å²) in [5.74, 6) is 4.22. The Labute approximate surface area is 327 Å². The van der Waals surface area contributed by atoms with Gasteiger partial charge < -0.3 is 14.2 Å². The number of rotatable bonds is 11. The van der Waals surface area contributed by atoms with Crippen molar-refractivity contribution < 1.29 is 14.2 Å². The molecule has 0 heterocycles. The van der Waals surface area contributed by atoms with Crippen LogP contribution in [0.3, 0.4) is 0 Å². The molecule has 0 aromatic heterocycles. The minimum Gasteiger partial charge on any atom is -0.497 e. The Morgan fingerprint density at radius 2 is 0.680 bits per heavy atom. The van der Waals surface area contributed by atoms with Crippen molar-refractivity contribution in [3.05, 3.63) is 108 Å². The van der Waals surface area contributed by atoms with E-state index in [0.29, 0.717) is 23.7 Å². The van der Waals surface area contributed by atoms with Crippen molar-refractivity contribution in [2.24, 2.45) is 0 Å². The molecule has 5 rings (SSSR count). The van der Waals surface area contributed by atoms with E-state index in [1.54, 1.807) is 21.3 Å². The van der Waals surface area contributed by atoms with Crippen LogP contribution in [0.1, 0.15) is 101 Å². The molecule has 5 heteroatoms. The highest BCUT2D eigenvalue weighted by molar-refractivity contribution is 14.1. The molecule has 0 unspecified atom stereocenters. The Bertz CT molecular complexity index is 1770. The zero-order valence-electron chi connectivity index (χ0n) is 31.3. The lowest BCUT2D eigenvalue weighted by Crippen LogP contribution is -2.02. The molecule has 50 heavy (non-hydrogen) atoms. The summed E-state index contributed by atoms with van der Waals surface area (Å²) in [6.45, 7) is 18.1. The molecule has 262 valence electrons. The molecule has 0 aliphatic heterocycles. The molecule has 0 aliphatic carbocycles. The van der Waals surface area contributed by atoms with Gasteiger partial charge in [-0.1, -0.05) is 104 Å². The smallest absolute Gasteiger partial charge is 0.146 e. The van der Waals surface area contributed by atoms with E-state index in [-0.39, 0.29) is 0 Å². The number of ether oxygens (including phenoxy) is 3. The fourth-order valence-electron chi connectivity index (χ4n) is 6.89. The van der Waals surface area contributed by atoms with Crippen LogP contribution in [0.4, 0.5) is 0 Å². The summed E-state index contributed by atoms with van der Waals surface area (Å²) in [6.07, 6.45) is 0. The summed E-state index contributed by atoms with van der Waals surface area (Å²) < 4.78 is 19.7. The molecule has 0 amide bonds. The van der Waals surface area contributed by atoms with Crippen molar-refractivity contribution in [3.8, 4) is 61.8 Å². The summed E-state index contributed by atoms with van der Waals surface area (Å²) >= 11 is 4.89. The molecule has 5 aromatic rings. The highest BCUT2D eigenvalue weighted by atomic mass is 127. The van der Waals surface area contributed by atoms with Crippen LogP contribution < -0.4 is 14.2 Å². The molecule has 0 radical (unpaired) electrons. The van der Waals surface area contributed by atoms with Gasteiger partial charge in [0.05, 0.1) is 28.5 Å². The first-order valence-corrected chi connectivity index (χ1v) is 19.7. The third kappa shape index (κ3) is 7.59. The van der Waals surface area contributed by atoms with Crippen LogP contribution in [0.15, 0.2) is 78.9 Å². The van der Waals surface area contributed by atoms with Gasteiger partial charge in [0.2, 0.25) is 0 Å². The summed E-state index contributed by atoms with van der Waals surface area (Å²) in [4.78, 5) is 0. The van der Waals surface area contributed by atoms with E-state index in [0.717, 1.165) is 46.6 Å². The molecular weight excluding hydrogens is 842 g/mol. The van der Waals surface area contributed by atoms with E-state index in [1.165, 1.54) is 44.5 Å². The van der Waals surface area contributed by atoms with Crippen LogP contribution in [0.2, 0.25) is 0 Å².